The zero-order valence-electron chi connectivity index (χ0n) is 17.0. The van der Waals surface area contributed by atoms with Gasteiger partial charge in [-0.05, 0) is 30.4 Å². The molecule has 1 aliphatic rings. The first-order chi connectivity index (χ1) is 14.0. The maximum absolute atomic E-state index is 12.1. The van der Waals surface area contributed by atoms with E-state index < -0.39 is 12.1 Å². The monoisotopic (exact) mass is 401 g/mol. The summed E-state index contributed by atoms with van der Waals surface area (Å²) in [5.74, 6) is -0.682. The Morgan fingerprint density at radius 1 is 1.34 bits per heavy atom. The molecule has 0 radical (unpaired) electrons. The molecule has 6 heteroatoms. The first-order valence-corrected chi connectivity index (χ1v) is 10.1. The van der Waals surface area contributed by atoms with Crippen molar-refractivity contribution < 1.29 is 24.5 Å². The molecule has 0 unspecified atom stereocenters. The highest BCUT2D eigenvalue weighted by molar-refractivity contribution is 5.79. The second kappa shape index (κ2) is 12.2. The average Bonchev–Trinajstić information content (AvgIpc) is 3.03. The minimum atomic E-state index is -0.790. The zero-order valence-corrected chi connectivity index (χ0v) is 17.0. The number of amides is 1. The number of carbonyl (C=O) groups excluding carboxylic acids is 1. The summed E-state index contributed by atoms with van der Waals surface area (Å²) in [6.45, 7) is 1.05. The molecule has 1 aliphatic heterocycles. The molecule has 158 valence electrons. The summed E-state index contributed by atoms with van der Waals surface area (Å²) >= 11 is 0. The Hall–Kier alpha value is -2.44. The van der Waals surface area contributed by atoms with Gasteiger partial charge in [0, 0.05) is 32.9 Å². The van der Waals surface area contributed by atoms with Crippen LogP contribution in [0.3, 0.4) is 0 Å². The highest BCUT2D eigenvalue weighted by atomic mass is 16.5. The van der Waals surface area contributed by atoms with Gasteiger partial charge in [0.2, 0.25) is 5.91 Å². The van der Waals surface area contributed by atoms with Crippen LogP contribution in [0.1, 0.15) is 43.2 Å². The van der Waals surface area contributed by atoms with Crippen molar-refractivity contribution in [1.29, 1.82) is 0 Å². The third kappa shape index (κ3) is 8.21. The van der Waals surface area contributed by atoms with Gasteiger partial charge >= 0.3 is 5.97 Å². The van der Waals surface area contributed by atoms with Gasteiger partial charge < -0.3 is 19.8 Å². The van der Waals surface area contributed by atoms with Gasteiger partial charge in [-0.1, -0.05) is 48.6 Å². The van der Waals surface area contributed by atoms with Crippen molar-refractivity contribution in [2.24, 2.45) is 0 Å². The average molecular weight is 402 g/mol. The molecular formula is C23H31NO5. The Bertz CT molecular complexity index is 728. The zero-order chi connectivity index (χ0) is 21.1. The fourth-order valence-corrected chi connectivity index (χ4v) is 3.45. The smallest absolute Gasteiger partial charge is 0.303 e. The second-order valence-electron chi connectivity index (χ2n) is 7.32. The molecule has 1 heterocycles. The van der Waals surface area contributed by atoms with E-state index in [4.69, 9.17) is 9.84 Å². The van der Waals surface area contributed by atoms with Crippen molar-refractivity contribution in [3.05, 3.63) is 59.7 Å². The standard InChI is InChI=1S/C23H31NO5/c1-29-17-19-8-6-7-18(15-19)16-21(25)12-10-20-11-13-22(26)24(20)14-5-3-2-4-9-23(27)28/h3,5-8,10,12,15,20-21,25H,2,4,9,11,13-14,16-17H2,1H3,(H,27,28)/b5-3+,12-10+/t20-,21+/m0/s1. The fourth-order valence-electron chi connectivity index (χ4n) is 3.45. The molecule has 0 saturated carbocycles. The minimum Gasteiger partial charge on any atom is -0.481 e. The largest absolute Gasteiger partial charge is 0.481 e. The van der Waals surface area contributed by atoms with Crippen LogP contribution in [0.2, 0.25) is 0 Å². The summed E-state index contributed by atoms with van der Waals surface area (Å²) in [6, 6.07) is 7.95. The van der Waals surface area contributed by atoms with E-state index in [-0.39, 0.29) is 18.4 Å². The predicted molar refractivity (Wildman–Crippen MR) is 111 cm³/mol. The van der Waals surface area contributed by atoms with Gasteiger partial charge in [-0.3, -0.25) is 9.59 Å². The van der Waals surface area contributed by atoms with E-state index in [9.17, 15) is 14.7 Å². The number of benzene rings is 1. The maximum atomic E-state index is 12.1. The first kappa shape index (κ1) is 22.8. The second-order valence-corrected chi connectivity index (χ2v) is 7.32. The van der Waals surface area contributed by atoms with Crippen LogP contribution in [0.4, 0.5) is 0 Å². The lowest BCUT2D eigenvalue weighted by molar-refractivity contribution is -0.137. The number of hydrogen-bond donors (Lipinski definition) is 2. The Morgan fingerprint density at radius 3 is 2.90 bits per heavy atom. The molecule has 1 aromatic rings. The van der Waals surface area contributed by atoms with E-state index in [0.29, 0.717) is 38.8 Å². The molecular weight excluding hydrogens is 370 g/mol. The molecule has 1 fully saturated rings. The van der Waals surface area contributed by atoms with Gasteiger partial charge in [-0.2, -0.15) is 0 Å². The number of methoxy groups -OCH3 is 1. The van der Waals surface area contributed by atoms with Crippen LogP contribution in [-0.2, 0) is 27.4 Å². The number of carbonyl (C=O) groups is 2. The van der Waals surface area contributed by atoms with Crippen molar-refractivity contribution in [2.75, 3.05) is 13.7 Å². The molecule has 1 saturated heterocycles. The van der Waals surface area contributed by atoms with Crippen molar-refractivity contribution >= 4 is 11.9 Å². The number of carboxylic acids is 1. The summed E-state index contributed by atoms with van der Waals surface area (Å²) in [6.07, 6.45) is 10.1. The Balaban J connectivity index is 1.84. The van der Waals surface area contributed by atoms with Gasteiger partial charge in [0.1, 0.15) is 0 Å². The quantitative estimate of drug-likeness (QED) is 0.415. The summed E-state index contributed by atoms with van der Waals surface area (Å²) in [7, 11) is 1.66. The molecule has 29 heavy (non-hydrogen) atoms. The van der Waals surface area contributed by atoms with Crippen molar-refractivity contribution in [3.8, 4) is 0 Å². The third-order valence-corrected chi connectivity index (χ3v) is 4.91. The predicted octanol–water partition coefficient (Wildman–Crippen LogP) is 3.09. The molecule has 0 spiro atoms. The number of hydrogen-bond acceptors (Lipinski definition) is 4. The molecule has 0 bridgehead atoms. The number of aliphatic carboxylic acids is 1. The van der Waals surface area contributed by atoms with Gasteiger partial charge in [0.05, 0.1) is 18.8 Å². The minimum absolute atomic E-state index is 0.0133. The van der Waals surface area contributed by atoms with E-state index >= 15 is 0 Å². The van der Waals surface area contributed by atoms with E-state index in [0.717, 1.165) is 17.5 Å². The van der Waals surface area contributed by atoms with Crippen LogP contribution >= 0.6 is 0 Å². The van der Waals surface area contributed by atoms with Crippen LogP contribution in [0, 0.1) is 0 Å². The number of aliphatic hydroxyl groups is 1. The van der Waals surface area contributed by atoms with E-state index in [1.54, 1.807) is 18.1 Å². The molecule has 2 N–H and O–H groups in total. The van der Waals surface area contributed by atoms with Crippen molar-refractivity contribution in [3.63, 3.8) is 0 Å². The molecule has 0 aliphatic carbocycles. The number of likely N-dealkylation sites (tertiary alicyclic amines) is 1. The number of nitrogens with zero attached hydrogens (tertiary/aromatic N) is 1. The van der Waals surface area contributed by atoms with Crippen LogP contribution in [0.5, 0.6) is 0 Å². The van der Waals surface area contributed by atoms with Crippen molar-refractivity contribution in [1.82, 2.24) is 4.90 Å². The number of aliphatic hydroxyl groups excluding tert-OH is 1. The molecule has 0 aromatic heterocycles. The third-order valence-electron chi connectivity index (χ3n) is 4.91. The van der Waals surface area contributed by atoms with E-state index in [1.807, 2.05) is 42.5 Å². The fraction of sp³-hybridized carbons (Fsp3) is 0.478. The first-order valence-electron chi connectivity index (χ1n) is 10.1. The van der Waals surface area contributed by atoms with Crippen LogP contribution in [0.15, 0.2) is 48.6 Å². The normalized spacial score (nSPS) is 18.2. The highest BCUT2D eigenvalue weighted by Crippen LogP contribution is 2.20. The lowest BCUT2D eigenvalue weighted by Crippen LogP contribution is -2.32. The molecule has 6 nitrogen and oxygen atoms in total. The van der Waals surface area contributed by atoms with Gasteiger partial charge in [0.25, 0.3) is 0 Å². The number of carboxylic acid groups (broad SMARTS) is 1. The summed E-state index contributed by atoms with van der Waals surface area (Å²) in [4.78, 5) is 24.4. The number of allylic oxidation sites excluding steroid dienone is 1. The number of unbranched alkanes of at least 4 members (excludes halogenated alkanes) is 1. The Labute approximate surface area is 172 Å². The topological polar surface area (TPSA) is 87.1 Å². The lowest BCUT2D eigenvalue weighted by Gasteiger charge is -2.21. The van der Waals surface area contributed by atoms with E-state index in [1.165, 1.54) is 0 Å². The summed E-state index contributed by atoms with van der Waals surface area (Å²) in [5, 5.41) is 19.0. The number of rotatable bonds is 12. The van der Waals surface area contributed by atoms with Gasteiger partial charge in [-0.25, -0.2) is 0 Å². The van der Waals surface area contributed by atoms with Gasteiger partial charge in [0.15, 0.2) is 0 Å². The number of ether oxygens (including phenoxy) is 1. The highest BCUT2D eigenvalue weighted by Gasteiger charge is 2.28. The Morgan fingerprint density at radius 2 is 2.14 bits per heavy atom. The maximum Gasteiger partial charge on any atom is 0.303 e. The molecule has 1 amide bonds. The molecule has 1 aromatic carbocycles. The summed E-state index contributed by atoms with van der Waals surface area (Å²) in [5.41, 5.74) is 2.12. The summed E-state index contributed by atoms with van der Waals surface area (Å²) < 4.78 is 5.14. The van der Waals surface area contributed by atoms with Crippen LogP contribution in [0.25, 0.3) is 0 Å². The molecule has 2 atom stereocenters. The van der Waals surface area contributed by atoms with Gasteiger partial charge in [-0.15, -0.1) is 0 Å². The van der Waals surface area contributed by atoms with E-state index in [2.05, 4.69) is 0 Å². The SMILES string of the molecule is COCc1cccc(C[C@H](O)/C=C/[C@H]2CCC(=O)N2C/C=C/CCCC(=O)O)c1. The molecule has 2 rings (SSSR count). The van der Waals surface area contributed by atoms with Crippen molar-refractivity contribution in [2.45, 2.75) is 57.3 Å². The van der Waals surface area contributed by atoms with Crippen LogP contribution in [-0.4, -0.2) is 52.8 Å². The lowest BCUT2D eigenvalue weighted by atomic mass is 10.0. The van der Waals surface area contributed by atoms with Crippen LogP contribution < -0.4 is 0 Å². The Kier molecular flexibility index (Phi) is 9.60.